The van der Waals surface area contributed by atoms with E-state index in [0.29, 0.717) is 24.3 Å². The van der Waals surface area contributed by atoms with E-state index in [4.69, 9.17) is 9.15 Å². The largest absolute Gasteiger partial charge is 0.496 e. The number of nitrogens with one attached hydrogen (secondary N) is 2. The van der Waals surface area contributed by atoms with Crippen molar-refractivity contribution in [2.24, 2.45) is 0 Å². The number of hydrogen-bond acceptors (Lipinski definition) is 5. The van der Waals surface area contributed by atoms with Gasteiger partial charge in [0.25, 0.3) is 11.8 Å². The van der Waals surface area contributed by atoms with Crippen molar-refractivity contribution in [2.45, 2.75) is 13.0 Å². The van der Waals surface area contributed by atoms with Crippen LogP contribution in [0.3, 0.4) is 0 Å². The molecule has 7 nitrogen and oxygen atoms in total. The van der Waals surface area contributed by atoms with Crippen molar-refractivity contribution < 1.29 is 18.7 Å². The molecule has 2 heterocycles. The quantitative estimate of drug-likeness (QED) is 0.627. The van der Waals surface area contributed by atoms with E-state index in [0.717, 1.165) is 11.3 Å². The predicted molar refractivity (Wildman–Crippen MR) is 103 cm³/mol. The van der Waals surface area contributed by atoms with Gasteiger partial charge in [-0.15, -0.1) is 0 Å². The van der Waals surface area contributed by atoms with Gasteiger partial charge in [0.15, 0.2) is 0 Å². The van der Waals surface area contributed by atoms with Crippen LogP contribution in [0.25, 0.3) is 0 Å². The van der Waals surface area contributed by atoms with Gasteiger partial charge in [-0.1, -0.05) is 18.2 Å². The summed E-state index contributed by atoms with van der Waals surface area (Å²) in [4.78, 5) is 28.6. The van der Waals surface area contributed by atoms with E-state index < -0.39 is 0 Å². The number of carbonyl (C=O) groups is 2. The molecule has 0 radical (unpaired) electrons. The van der Waals surface area contributed by atoms with Crippen LogP contribution < -0.4 is 15.4 Å². The Hall–Kier alpha value is -3.61. The van der Waals surface area contributed by atoms with Crippen LogP contribution in [0.2, 0.25) is 0 Å². The van der Waals surface area contributed by atoms with E-state index in [1.807, 2.05) is 24.3 Å². The van der Waals surface area contributed by atoms with Crippen LogP contribution in [0.1, 0.15) is 32.2 Å². The number of benzene rings is 1. The minimum absolute atomic E-state index is 0.170. The monoisotopic (exact) mass is 379 g/mol. The average Bonchev–Trinajstić information content (AvgIpc) is 3.26. The SMILES string of the molecule is COc1ccccc1CCNC(=O)c1ccnc(C(=O)NCc2ccco2)c1. The molecule has 2 aromatic heterocycles. The Morgan fingerprint density at radius 2 is 1.93 bits per heavy atom. The molecule has 0 aliphatic rings. The van der Waals surface area contributed by atoms with E-state index in [1.54, 1.807) is 25.3 Å². The average molecular weight is 379 g/mol. The number of nitrogens with zero attached hydrogens (tertiary/aromatic N) is 1. The van der Waals surface area contributed by atoms with Crippen molar-refractivity contribution in [1.29, 1.82) is 0 Å². The number of rotatable bonds is 8. The van der Waals surface area contributed by atoms with E-state index in [2.05, 4.69) is 15.6 Å². The van der Waals surface area contributed by atoms with Crippen molar-refractivity contribution >= 4 is 11.8 Å². The Kier molecular flexibility index (Phi) is 6.41. The number of ether oxygens (including phenoxy) is 1. The highest BCUT2D eigenvalue weighted by atomic mass is 16.5. The molecule has 0 spiro atoms. The van der Waals surface area contributed by atoms with E-state index in [1.165, 1.54) is 18.5 Å². The number of hydrogen-bond donors (Lipinski definition) is 2. The lowest BCUT2D eigenvalue weighted by Gasteiger charge is -2.09. The highest BCUT2D eigenvalue weighted by Crippen LogP contribution is 2.17. The molecule has 3 aromatic rings. The first-order valence-corrected chi connectivity index (χ1v) is 8.84. The Labute approximate surface area is 162 Å². The molecule has 28 heavy (non-hydrogen) atoms. The summed E-state index contributed by atoms with van der Waals surface area (Å²) in [5.41, 5.74) is 1.56. The zero-order valence-electron chi connectivity index (χ0n) is 15.5. The van der Waals surface area contributed by atoms with Crippen molar-refractivity contribution in [3.63, 3.8) is 0 Å². The highest BCUT2D eigenvalue weighted by molar-refractivity contribution is 5.98. The molecule has 0 aliphatic carbocycles. The summed E-state index contributed by atoms with van der Waals surface area (Å²) in [5, 5.41) is 5.55. The van der Waals surface area contributed by atoms with Crippen LogP contribution in [-0.4, -0.2) is 30.5 Å². The number of amides is 2. The first kappa shape index (κ1) is 19.2. The second kappa shape index (κ2) is 9.36. The van der Waals surface area contributed by atoms with Crippen LogP contribution in [0.5, 0.6) is 5.75 Å². The molecule has 0 saturated heterocycles. The number of methoxy groups -OCH3 is 1. The molecule has 2 amide bonds. The van der Waals surface area contributed by atoms with Crippen LogP contribution in [-0.2, 0) is 13.0 Å². The van der Waals surface area contributed by atoms with Gasteiger partial charge in [-0.05, 0) is 42.3 Å². The third-order valence-corrected chi connectivity index (χ3v) is 4.13. The maximum atomic E-state index is 12.4. The lowest BCUT2D eigenvalue weighted by Crippen LogP contribution is -2.27. The van der Waals surface area contributed by atoms with Crippen molar-refractivity contribution in [3.05, 3.63) is 83.6 Å². The minimum atomic E-state index is -0.375. The summed E-state index contributed by atoms with van der Waals surface area (Å²) in [5.74, 6) is 0.784. The maximum Gasteiger partial charge on any atom is 0.270 e. The summed E-state index contributed by atoms with van der Waals surface area (Å²) >= 11 is 0. The van der Waals surface area contributed by atoms with Crippen LogP contribution in [0.4, 0.5) is 0 Å². The van der Waals surface area contributed by atoms with Gasteiger partial charge in [0.05, 0.1) is 19.9 Å². The molecule has 2 N–H and O–H groups in total. The molecule has 0 fully saturated rings. The van der Waals surface area contributed by atoms with Gasteiger partial charge < -0.3 is 19.8 Å². The van der Waals surface area contributed by atoms with Gasteiger partial charge in [0.2, 0.25) is 0 Å². The van der Waals surface area contributed by atoms with Crippen molar-refractivity contribution in [3.8, 4) is 5.75 Å². The third kappa shape index (κ3) is 4.97. The van der Waals surface area contributed by atoms with Crippen LogP contribution in [0.15, 0.2) is 65.4 Å². The van der Waals surface area contributed by atoms with E-state index in [9.17, 15) is 9.59 Å². The summed E-state index contributed by atoms with van der Waals surface area (Å²) in [6.07, 6.45) is 3.62. The fraction of sp³-hybridized carbons (Fsp3) is 0.190. The molecule has 0 bridgehead atoms. The number of pyridine rings is 1. The fourth-order valence-corrected chi connectivity index (χ4v) is 2.69. The first-order chi connectivity index (χ1) is 13.7. The smallest absolute Gasteiger partial charge is 0.270 e. The molecular weight excluding hydrogens is 358 g/mol. The Morgan fingerprint density at radius 3 is 2.71 bits per heavy atom. The van der Waals surface area contributed by atoms with Gasteiger partial charge in [-0.25, -0.2) is 0 Å². The number of furan rings is 1. The van der Waals surface area contributed by atoms with Crippen LogP contribution in [0, 0.1) is 0 Å². The third-order valence-electron chi connectivity index (χ3n) is 4.13. The molecule has 0 saturated carbocycles. The van der Waals surface area contributed by atoms with E-state index >= 15 is 0 Å². The van der Waals surface area contributed by atoms with E-state index in [-0.39, 0.29) is 24.1 Å². The highest BCUT2D eigenvalue weighted by Gasteiger charge is 2.12. The summed E-state index contributed by atoms with van der Waals surface area (Å²) in [6.45, 7) is 0.699. The molecule has 0 atom stereocenters. The number of aromatic nitrogens is 1. The normalized spacial score (nSPS) is 10.3. The Balaban J connectivity index is 1.55. The lowest BCUT2D eigenvalue weighted by atomic mass is 10.1. The van der Waals surface area contributed by atoms with Gasteiger partial charge in [-0.3, -0.25) is 14.6 Å². The van der Waals surface area contributed by atoms with Gasteiger partial charge in [0.1, 0.15) is 17.2 Å². The zero-order valence-corrected chi connectivity index (χ0v) is 15.5. The molecule has 0 aliphatic heterocycles. The number of para-hydroxylation sites is 1. The predicted octanol–water partition coefficient (Wildman–Crippen LogP) is 2.59. The zero-order chi connectivity index (χ0) is 19.8. The summed E-state index contributed by atoms with van der Waals surface area (Å²) in [7, 11) is 1.62. The first-order valence-electron chi connectivity index (χ1n) is 8.84. The molecule has 144 valence electrons. The molecule has 7 heteroatoms. The molecule has 0 unspecified atom stereocenters. The number of carbonyl (C=O) groups excluding carboxylic acids is 2. The second-order valence-electron chi connectivity index (χ2n) is 6.01. The standard InChI is InChI=1S/C21H21N3O4/c1-27-19-7-3-2-5-15(19)8-11-23-20(25)16-9-10-22-18(13-16)21(26)24-14-17-6-4-12-28-17/h2-7,9-10,12-13H,8,11,14H2,1H3,(H,23,25)(H,24,26). The molecular formula is C21H21N3O4. The van der Waals surface area contributed by atoms with Crippen LogP contribution >= 0.6 is 0 Å². The summed E-state index contributed by atoms with van der Waals surface area (Å²) in [6, 6.07) is 14.2. The molecule has 3 rings (SSSR count). The lowest BCUT2D eigenvalue weighted by molar-refractivity contribution is 0.0943. The van der Waals surface area contributed by atoms with Gasteiger partial charge in [0, 0.05) is 18.3 Å². The maximum absolute atomic E-state index is 12.4. The fourth-order valence-electron chi connectivity index (χ4n) is 2.69. The molecule has 1 aromatic carbocycles. The van der Waals surface area contributed by atoms with Gasteiger partial charge in [-0.2, -0.15) is 0 Å². The van der Waals surface area contributed by atoms with Gasteiger partial charge >= 0.3 is 0 Å². The Bertz CT molecular complexity index is 938. The topological polar surface area (TPSA) is 93.5 Å². The Morgan fingerprint density at radius 1 is 1.07 bits per heavy atom. The van der Waals surface area contributed by atoms with Crippen molar-refractivity contribution in [1.82, 2.24) is 15.6 Å². The summed E-state index contributed by atoms with van der Waals surface area (Å²) < 4.78 is 10.5. The second-order valence-corrected chi connectivity index (χ2v) is 6.01. The minimum Gasteiger partial charge on any atom is -0.496 e. The van der Waals surface area contributed by atoms with Crippen molar-refractivity contribution in [2.75, 3.05) is 13.7 Å².